The lowest BCUT2D eigenvalue weighted by molar-refractivity contribution is 0.363. The van der Waals surface area contributed by atoms with Crippen LogP contribution in [0.4, 0.5) is 4.39 Å². The minimum absolute atomic E-state index is 0.00674. The van der Waals surface area contributed by atoms with Crippen LogP contribution in [0.15, 0.2) is 47.4 Å². The Labute approximate surface area is 151 Å². The number of hydrogen-bond donors (Lipinski definition) is 1. The molecule has 0 aliphatic carbocycles. The quantitative estimate of drug-likeness (QED) is 0.817. The van der Waals surface area contributed by atoms with Crippen LogP contribution in [-0.2, 0) is 10.0 Å². The fourth-order valence-electron chi connectivity index (χ4n) is 2.17. The molecule has 0 aromatic heterocycles. The Morgan fingerprint density at radius 1 is 1.08 bits per heavy atom. The Kier molecular flexibility index (Phi) is 6.22. The van der Waals surface area contributed by atoms with Gasteiger partial charge in [0.25, 0.3) is 0 Å². The van der Waals surface area contributed by atoms with Gasteiger partial charge in [0.1, 0.15) is 5.82 Å². The molecule has 0 saturated carbocycles. The van der Waals surface area contributed by atoms with Gasteiger partial charge in [-0.05, 0) is 56.1 Å². The molecule has 0 fully saturated rings. The Morgan fingerprint density at radius 3 is 2.25 bits per heavy atom. The Bertz CT molecular complexity index is 811. The number of rotatable bonds is 6. The van der Waals surface area contributed by atoms with Crippen LogP contribution < -0.4 is 4.72 Å². The lowest BCUT2D eigenvalue weighted by Crippen LogP contribution is -2.35. The van der Waals surface area contributed by atoms with Crippen molar-refractivity contribution >= 4 is 33.2 Å². The maximum Gasteiger partial charge on any atom is 0.241 e. The summed E-state index contributed by atoms with van der Waals surface area (Å²) < 4.78 is 40.7. The van der Waals surface area contributed by atoms with Crippen molar-refractivity contribution in [3.63, 3.8) is 0 Å². The number of benzene rings is 2. The van der Waals surface area contributed by atoms with Crippen molar-refractivity contribution in [2.45, 2.75) is 10.9 Å². The minimum atomic E-state index is -3.81. The normalized spacial score (nSPS) is 13.2. The third kappa shape index (κ3) is 4.91. The summed E-state index contributed by atoms with van der Waals surface area (Å²) in [6.07, 6.45) is 0. The van der Waals surface area contributed by atoms with Crippen LogP contribution in [-0.4, -0.2) is 34.0 Å². The van der Waals surface area contributed by atoms with E-state index in [2.05, 4.69) is 4.72 Å². The number of hydrogen-bond acceptors (Lipinski definition) is 3. The van der Waals surface area contributed by atoms with E-state index in [9.17, 15) is 12.8 Å². The maximum atomic E-state index is 13.0. The summed E-state index contributed by atoms with van der Waals surface area (Å²) in [6, 6.07) is 9.08. The summed E-state index contributed by atoms with van der Waals surface area (Å²) in [6.45, 7) is 0.415. The van der Waals surface area contributed by atoms with Crippen LogP contribution in [0.1, 0.15) is 11.6 Å². The molecule has 0 radical (unpaired) electrons. The average molecular weight is 391 g/mol. The van der Waals surface area contributed by atoms with E-state index in [1.807, 2.05) is 19.0 Å². The predicted molar refractivity (Wildman–Crippen MR) is 94.5 cm³/mol. The third-order valence-corrected chi connectivity index (χ3v) is 5.54. The van der Waals surface area contributed by atoms with Crippen LogP contribution in [0.3, 0.4) is 0 Å². The van der Waals surface area contributed by atoms with Crippen LogP contribution in [0, 0.1) is 5.82 Å². The minimum Gasteiger partial charge on any atom is -0.307 e. The van der Waals surface area contributed by atoms with Gasteiger partial charge in [0, 0.05) is 6.54 Å². The monoisotopic (exact) mass is 390 g/mol. The van der Waals surface area contributed by atoms with E-state index in [1.165, 1.54) is 12.1 Å². The van der Waals surface area contributed by atoms with E-state index < -0.39 is 21.9 Å². The van der Waals surface area contributed by atoms with E-state index in [4.69, 9.17) is 23.2 Å². The second kappa shape index (κ2) is 7.80. The summed E-state index contributed by atoms with van der Waals surface area (Å²) in [5.74, 6) is -0.497. The largest absolute Gasteiger partial charge is 0.307 e. The second-order valence-corrected chi connectivity index (χ2v) is 8.09. The fraction of sp³-hybridized carbons (Fsp3) is 0.250. The highest BCUT2D eigenvalue weighted by Gasteiger charge is 2.22. The van der Waals surface area contributed by atoms with Crippen molar-refractivity contribution in [3.8, 4) is 0 Å². The molecular formula is C16H17Cl2FN2O2S. The standard InChI is InChI=1S/C16H17Cl2FN2O2S/c1-21(2)10-16(11-3-8-14(17)15(18)9-11)20-24(22,23)13-6-4-12(19)5-7-13/h3-9,16,20H,10H2,1-2H3/t16-/m0/s1. The van der Waals surface area contributed by atoms with Gasteiger partial charge >= 0.3 is 0 Å². The van der Waals surface area contributed by atoms with E-state index >= 15 is 0 Å². The molecule has 0 heterocycles. The van der Waals surface area contributed by atoms with Gasteiger partial charge in [-0.15, -0.1) is 0 Å². The molecule has 2 rings (SSSR count). The van der Waals surface area contributed by atoms with Crippen molar-refractivity contribution < 1.29 is 12.8 Å². The molecule has 0 spiro atoms. The molecule has 8 heteroatoms. The van der Waals surface area contributed by atoms with Crippen molar-refractivity contribution in [3.05, 3.63) is 63.9 Å². The Morgan fingerprint density at radius 2 is 1.71 bits per heavy atom. The first-order valence-electron chi connectivity index (χ1n) is 7.06. The van der Waals surface area contributed by atoms with Gasteiger partial charge in [-0.25, -0.2) is 17.5 Å². The first-order chi connectivity index (χ1) is 11.2. The molecule has 0 amide bonds. The molecule has 2 aromatic carbocycles. The first kappa shape index (κ1) is 19.1. The maximum absolute atomic E-state index is 13.0. The highest BCUT2D eigenvalue weighted by molar-refractivity contribution is 7.89. The van der Waals surface area contributed by atoms with Crippen LogP contribution >= 0.6 is 23.2 Å². The molecule has 24 heavy (non-hydrogen) atoms. The topological polar surface area (TPSA) is 49.4 Å². The highest BCUT2D eigenvalue weighted by atomic mass is 35.5. The summed E-state index contributed by atoms with van der Waals surface area (Å²) in [5, 5.41) is 0.740. The van der Waals surface area contributed by atoms with Crippen LogP contribution in [0.25, 0.3) is 0 Å². The van der Waals surface area contributed by atoms with Gasteiger partial charge in [0.05, 0.1) is 21.0 Å². The Balaban J connectivity index is 2.34. The lowest BCUT2D eigenvalue weighted by Gasteiger charge is -2.23. The SMILES string of the molecule is CN(C)C[C@H](NS(=O)(=O)c1ccc(F)cc1)c1ccc(Cl)c(Cl)c1. The number of sulfonamides is 1. The van der Waals surface area contributed by atoms with Gasteiger partial charge < -0.3 is 4.90 Å². The van der Waals surface area contributed by atoms with E-state index in [-0.39, 0.29) is 4.90 Å². The molecule has 1 atom stereocenters. The van der Waals surface area contributed by atoms with E-state index in [1.54, 1.807) is 18.2 Å². The van der Waals surface area contributed by atoms with Gasteiger partial charge in [-0.3, -0.25) is 0 Å². The van der Waals surface area contributed by atoms with Crippen LogP contribution in [0.5, 0.6) is 0 Å². The molecule has 1 N–H and O–H groups in total. The summed E-state index contributed by atoms with van der Waals surface area (Å²) >= 11 is 12.0. The zero-order valence-corrected chi connectivity index (χ0v) is 15.5. The van der Waals surface area contributed by atoms with Gasteiger partial charge in [0.2, 0.25) is 10.0 Å². The van der Waals surface area contributed by atoms with Gasteiger partial charge in [-0.2, -0.15) is 0 Å². The highest BCUT2D eigenvalue weighted by Crippen LogP contribution is 2.27. The van der Waals surface area contributed by atoms with Gasteiger partial charge in [0.15, 0.2) is 0 Å². The average Bonchev–Trinajstić information content (AvgIpc) is 2.49. The molecule has 2 aromatic rings. The summed E-state index contributed by atoms with van der Waals surface area (Å²) in [7, 11) is -0.152. The number of halogens is 3. The van der Waals surface area contributed by atoms with E-state index in [0.29, 0.717) is 22.2 Å². The molecule has 0 unspecified atom stereocenters. The molecular weight excluding hydrogens is 374 g/mol. The lowest BCUT2D eigenvalue weighted by atomic mass is 10.1. The fourth-order valence-corrected chi connectivity index (χ4v) is 3.70. The van der Waals surface area contributed by atoms with Crippen molar-refractivity contribution in [1.29, 1.82) is 0 Å². The second-order valence-electron chi connectivity index (χ2n) is 5.56. The molecule has 4 nitrogen and oxygen atoms in total. The van der Waals surface area contributed by atoms with Gasteiger partial charge in [-0.1, -0.05) is 29.3 Å². The molecule has 130 valence electrons. The zero-order chi connectivity index (χ0) is 17.9. The Hall–Kier alpha value is -1.18. The van der Waals surface area contributed by atoms with Crippen LogP contribution in [0.2, 0.25) is 10.0 Å². The smallest absolute Gasteiger partial charge is 0.241 e. The third-order valence-electron chi connectivity index (χ3n) is 3.32. The molecule has 0 bridgehead atoms. The summed E-state index contributed by atoms with van der Waals surface area (Å²) in [4.78, 5) is 1.84. The zero-order valence-electron chi connectivity index (χ0n) is 13.1. The summed E-state index contributed by atoms with van der Waals surface area (Å²) in [5.41, 5.74) is 0.684. The van der Waals surface area contributed by atoms with Crippen molar-refractivity contribution in [2.24, 2.45) is 0 Å². The number of nitrogens with one attached hydrogen (secondary N) is 1. The molecule has 0 saturated heterocycles. The predicted octanol–water partition coefficient (Wildman–Crippen LogP) is 3.71. The van der Waals surface area contributed by atoms with Crippen molar-refractivity contribution in [2.75, 3.05) is 20.6 Å². The first-order valence-corrected chi connectivity index (χ1v) is 9.30. The molecule has 0 aliphatic heterocycles. The molecule has 0 aliphatic rings. The van der Waals surface area contributed by atoms with Crippen molar-refractivity contribution in [1.82, 2.24) is 9.62 Å². The number of nitrogens with zero attached hydrogens (tertiary/aromatic N) is 1. The van der Waals surface area contributed by atoms with E-state index in [0.717, 1.165) is 12.1 Å². The number of likely N-dealkylation sites (N-methyl/N-ethyl adjacent to an activating group) is 1.